The Bertz CT molecular complexity index is 551. The average Bonchev–Trinajstić information content (AvgIpc) is 2.46. The summed E-state index contributed by atoms with van der Waals surface area (Å²) in [5.74, 6) is 2.82. The fourth-order valence-electron chi connectivity index (χ4n) is 5.35. The van der Waals surface area contributed by atoms with Gasteiger partial charge in [0.2, 0.25) is 5.91 Å². The fraction of sp³-hybridized carbons (Fsp3) is 0.611. The Morgan fingerprint density at radius 1 is 1.09 bits per heavy atom. The highest BCUT2D eigenvalue weighted by Crippen LogP contribution is 2.55. The maximum absolute atomic E-state index is 12.3. The maximum Gasteiger partial charge on any atom is 0.238 e. The first-order valence-electron chi connectivity index (χ1n) is 8.41. The molecule has 4 aliphatic rings. The van der Waals surface area contributed by atoms with Crippen LogP contribution < -0.4 is 10.6 Å². The van der Waals surface area contributed by atoms with Gasteiger partial charge >= 0.3 is 0 Å². The third-order valence-electron chi connectivity index (χ3n) is 5.81. The summed E-state index contributed by atoms with van der Waals surface area (Å²) in [6.07, 6.45) is 8.18. The zero-order valence-corrected chi connectivity index (χ0v) is 14.9. The second-order valence-corrected chi connectivity index (χ2v) is 8.74. The van der Waals surface area contributed by atoms with Crippen molar-refractivity contribution in [3.05, 3.63) is 27.8 Å². The van der Waals surface area contributed by atoms with Gasteiger partial charge in [0, 0.05) is 9.11 Å². The van der Waals surface area contributed by atoms with Crippen molar-refractivity contribution in [3.8, 4) is 0 Å². The summed E-state index contributed by atoms with van der Waals surface area (Å²) in [5, 5.41) is 6.69. The highest BCUT2D eigenvalue weighted by Gasteiger charge is 2.50. The molecule has 0 aliphatic heterocycles. The minimum absolute atomic E-state index is 0.0832. The van der Waals surface area contributed by atoms with Crippen molar-refractivity contribution < 1.29 is 4.79 Å². The molecule has 0 saturated heterocycles. The van der Waals surface area contributed by atoms with Crippen LogP contribution in [-0.4, -0.2) is 18.0 Å². The fourth-order valence-corrected chi connectivity index (χ4v) is 5.87. The highest BCUT2D eigenvalue weighted by molar-refractivity contribution is 14.1. The molecular weight excluding hydrogens is 387 g/mol. The van der Waals surface area contributed by atoms with Crippen LogP contribution in [0.5, 0.6) is 0 Å². The van der Waals surface area contributed by atoms with E-state index < -0.39 is 0 Å². The molecule has 0 spiro atoms. The van der Waals surface area contributed by atoms with Gasteiger partial charge in [-0.15, -0.1) is 0 Å². The van der Waals surface area contributed by atoms with Gasteiger partial charge < -0.3 is 10.6 Å². The van der Waals surface area contributed by atoms with Crippen molar-refractivity contribution in [3.63, 3.8) is 0 Å². The van der Waals surface area contributed by atoms with Crippen LogP contribution >= 0.6 is 22.6 Å². The number of anilines is 1. The summed E-state index contributed by atoms with van der Waals surface area (Å²) < 4.78 is 1.09. The van der Waals surface area contributed by atoms with E-state index in [0.29, 0.717) is 6.54 Å². The summed E-state index contributed by atoms with van der Waals surface area (Å²) in [6, 6.07) is 7.93. The molecule has 0 aromatic heterocycles. The van der Waals surface area contributed by atoms with E-state index in [1.807, 2.05) is 24.3 Å². The van der Waals surface area contributed by atoms with Crippen molar-refractivity contribution in [2.75, 3.05) is 11.9 Å². The van der Waals surface area contributed by atoms with Crippen molar-refractivity contribution in [1.82, 2.24) is 5.32 Å². The third kappa shape index (κ3) is 2.92. The Balaban J connectivity index is 1.37. The van der Waals surface area contributed by atoms with E-state index in [2.05, 4.69) is 33.2 Å². The minimum atomic E-state index is 0.0832. The number of hydrogen-bond donors (Lipinski definition) is 2. The molecule has 0 unspecified atom stereocenters. The lowest BCUT2D eigenvalue weighted by atomic mass is 9.53. The van der Waals surface area contributed by atoms with Gasteiger partial charge in [-0.2, -0.15) is 0 Å². The maximum atomic E-state index is 12.3. The third-order valence-corrected chi connectivity index (χ3v) is 6.75. The van der Waals surface area contributed by atoms with Crippen LogP contribution in [0.1, 0.15) is 38.5 Å². The Hall–Kier alpha value is -0.620. The zero-order chi connectivity index (χ0) is 15.2. The Morgan fingerprint density at radius 3 is 2.27 bits per heavy atom. The number of carbonyl (C=O) groups is 1. The summed E-state index contributed by atoms with van der Waals surface area (Å²) in [4.78, 5) is 12.3. The second-order valence-electron chi connectivity index (χ2n) is 7.58. The number of benzene rings is 1. The van der Waals surface area contributed by atoms with E-state index in [-0.39, 0.29) is 11.4 Å². The van der Waals surface area contributed by atoms with Gasteiger partial charge in [-0.3, -0.25) is 4.79 Å². The lowest BCUT2D eigenvalue weighted by Gasteiger charge is -2.57. The number of nitrogens with one attached hydrogen (secondary N) is 2. The summed E-state index contributed by atoms with van der Waals surface area (Å²) in [5.41, 5.74) is 1.18. The molecule has 0 radical (unpaired) electrons. The minimum Gasteiger partial charge on any atom is -0.324 e. The molecule has 1 aromatic rings. The van der Waals surface area contributed by atoms with Crippen LogP contribution in [-0.2, 0) is 4.79 Å². The molecular formula is C18H23IN2O. The summed E-state index contributed by atoms with van der Waals surface area (Å²) in [6.45, 7) is 0.442. The van der Waals surface area contributed by atoms with Gasteiger partial charge in [0.05, 0.1) is 12.2 Å². The predicted molar refractivity (Wildman–Crippen MR) is 96.7 cm³/mol. The molecule has 3 nitrogen and oxygen atoms in total. The molecule has 4 aliphatic carbocycles. The first-order chi connectivity index (χ1) is 10.6. The molecule has 4 bridgehead atoms. The molecule has 2 N–H and O–H groups in total. The summed E-state index contributed by atoms with van der Waals surface area (Å²) in [7, 11) is 0. The number of carbonyl (C=O) groups excluding carboxylic acids is 1. The number of halogens is 1. The van der Waals surface area contributed by atoms with Crippen LogP contribution in [0.3, 0.4) is 0 Å². The monoisotopic (exact) mass is 410 g/mol. The Morgan fingerprint density at radius 2 is 1.68 bits per heavy atom. The molecule has 4 heteroatoms. The van der Waals surface area contributed by atoms with Crippen molar-refractivity contribution in [2.24, 2.45) is 17.8 Å². The van der Waals surface area contributed by atoms with Gasteiger partial charge in [-0.05, 0) is 91.0 Å². The molecule has 1 aromatic carbocycles. The van der Waals surface area contributed by atoms with Crippen LogP contribution in [0.15, 0.2) is 24.3 Å². The van der Waals surface area contributed by atoms with Gasteiger partial charge in [0.25, 0.3) is 0 Å². The standard InChI is InChI=1S/C18H23IN2O/c19-15-3-1-2-4-16(15)21-17(22)11-20-18-8-12-5-13(9-18)7-14(6-12)10-18/h1-4,12-14,20H,5-11H2,(H,21,22). The van der Waals surface area contributed by atoms with E-state index in [1.54, 1.807) is 0 Å². The molecule has 5 rings (SSSR count). The molecule has 118 valence electrons. The van der Waals surface area contributed by atoms with Crippen LogP contribution in [0, 0.1) is 21.3 Å². The van der Waals surface area contributed by atoms with Crippen molar-refractivity contribution in [2.45, 2.75) is 44.1 Å². The van der Waals surface area contributed by atoms with Crippen LogP contribution in [0.25, 0.3) is 0 Å². The first-order valence-corrected chi connectivity index (χ1v) is 9.49. The van der Waals surface area contributed by atoms with Gasteiger partial charge in [0.15, 0.2) is 0 Å². The lowest BCUT2D eigenvalue weighted by Crippen LogP contribution is -2.59. The highest BCUT2D eigenvalue weighted by atomic mass is 127. The Kier molecular flexibility index (Phi) is 3.93. The topological polar surface area (TPSA) is 41.1 Å². The molecule has 4 saturated carbocycles. The predicted octanol–water partition coefficient (Wildman–Crippen LogP) is 3.79. The number of para-hydroxylation sites is 1. The molecule has 0 atom stereocenters. The zero-order valence-electron chi connectivity index (χ0n) is 12.8. The largest absolute Gasteiger partial charge is 0.324 e. The Labute approximate surface area is 145 Å². The van der Waals surface area contributed by atoms with Gasteiger partial charge in [-0.25, -0.2) is 0 Å². The van der Waals surface area contributed by atoms with E-state index in [4.69, 9.17) is 0 Å². The number of amides is 1. The average molecular weight is 410 g/mol. The molecule has 0 heterocycles. The smallest absolute Gasteiger partial charge is 0.238 e. The van der Waals surface area contributed by atoms with E-state index in [1.165, 1.54) is 38.5 Å². The van der Waals surface area contributed by atoms with Gasteiger partial charge in [-0.1, -0.05) is 12.1 Å². The molecule has 1 amide bonds. The summed E-state index contributed by atoms with van der Waals surface area (Å²) >= 11 is 2.26. The van der Waals surface area contributed by atoms with Crippen molar-refractivity contribution in [1.29, 1.82) is 0 Å². The SMILES string of the molecule is O=C(CNC12CC3CC(CC(C3)C1)C2)Nc1ccccc1I. The quantitative estimate of drug-likeness (QED) is 0.742. The number of rotatable bonds is 4. The van der Waals surface area contributed by atoms with Gasteiger partial charge in [0.1, 0.15) is 0 Å². The van der Waals surface area contributed by atoms with Crippen LogP contribution in [0.2, 0.25) is 0 Å². The molecule has 4 fully saturated rings. The first kappa shape index (κ1) is 14.9. The van der Waals surface area contributed by atoms with E-state index in [9.17, 15) is 4.79 Å². The lowest BCUT2D eigenvalue weighted by molar-refractivity contribution is -0.116. The second kappa shape index (κ2) is 5.78. The van der Waals surface area contributed by atoms with Crippen molar-refractivity contribution >= 4 is 34.2 Å². The molecule has 22 heavy (non-hydrogen) atoms. The van der Waals surface area contributed by atoms with E-state index in [0.717, 1.165) is 27.0 Å². The normalized spacial score (nSPS) is 35.6. The van der Waals surface area contributed by atoms with Crippen LogP contribution in [0.4, 0.5) is 5.69 Å². The van der Waals surface area contributed by atoms with E-state index >= 15 is 0 Å². The number of hydrogen-bond acceptors (Lipinski definition) is 2.